The second kappa shape index (κ2) is 12.1. The van der Waals surface area contributed by atoms with E-state index in [1.54, 1.807) is 43.6 Å². The highest BCUT2D eigenvalue weighted by atomic mass is 19.1. The Kier molecular flexibility index (Phi) is 8.14. The van der Waals surface area contributed by atoms with Crippen LogP contribution in [-0.4, -0.2) is 57.8 Å². The van der Waals surface area contributed by atoms with Crippen LogP contribution in [0, 0.1) is 17.1 Å². The summed E-state index contributed by atoms with van der Waals surface area (Å²) >= 11 is 0. The number of hydrogen-bond donors (Lipinski definition) is 3. The average molecular weight is 554 g/mol. The van der Waals surface area contributed by atoms with Gasteiger partial charge in [-0.2, -0.15) is 5.26 Å². The quantitative estimate of drug-likeness (QED) is 0.296. The van der Waals surface area contributed by atoms with E-state index in [9.17, 15) is 19.6 Å². The number of aliphatic hydroxyl groups is 1. The maximum absolute atomic E-state index is 14.8. The molecule has 0 unspecified atom stereocenters. The molecule has 11 heteroatoms. The number of halogens is 1. The molecule has 208 valence electrons. The number of ether oxygens (including phenoxy) is 1. The van der Waals surface area contributed by atoms with E-state index in [4.69, 9.17) is 10.5 Å². The predicted octanol–water partition coefficient (Wildman–Crippen LogP) is 3.77. The molecule has 1 aliphatic heterocycles. The Hall–Kier alpha value is -4.92. The lowest BCUT2D eigenvalue weighted by molar-refractivity contribution is 0.102. The minimum Gasteiger partial charge on any atom is -0.493 e. The van der Waals surface area contributed by atoms with Gasteiger partial charge < -0.3 is 25.8 Å². The van der Waals surface area contributed by atoms with Gasteiger partial charge in [0.1, 0.15) is 17.3 Å². The van der Waals surface area contributed by atoms with Crippen LogP contribution in [0.3, 0.4) is 0 Å². The van der Waals surface area contributed by atoms with Crippen LogP contribution >= 0.6 is 0 Å². The Bertz CT molecular complexity index is 1620. The molecule has 0 aliphatic carbocycles. The van der Waals surface area contributed by atoms with Gasteiger partial charge >= 0.3 is 0 Å². The van der Waals surface area contributed by atoms with E-state index in [1.165, 1.54) is 24.4 Å². The third-order valence-electron chi connectivity index (χ3n) is 6.85. The molecule has 0 bridgehead atoms. The smallest absolute Gasteiger partial charge is 0.274 e. The Morgan fingerprint density at radius 1 is 1.27 bits per heavy atom. The molecule has 41 heavy (non-hydrogen) atoms. The van der Waals surface area contributed by atoms with Gasteiger partial charge in [-0.3, -0.25) is 9.78 Å². The molecule has 1 saturated heterocycles. The van der Waals surface area contributed by atoms with E-state index in [0.717, 1.165) is 0 Å². The second-order valence-corrected chi connectivity index (χ2v) is 9.52. The van der Waals surface area contributed by atoms with Crippen molar-refractivity contribution < 1.29 is 19.0 Å². The minimum absolute atomic E-state index is 0.0150. The normalized spacial score (nSPS) is 16.3. The number of anilines is 2. The molecule has 0 spiro atoms. The third kappa shape index (κ3) is 5.70. The van der Waals surface area contributed by atoms with Crippen LogP contribution in [0.2, 0.25) is 0 Å². The lowest BCUT2D eigenvalue weighted by Gasteiger charge is -2.28. The SMILES string of the molecule is CCOc1cccc(F)c1-c1nccc(C(=O)Nc2ccc(-c3cnccc3C#N)cc2N2C[C@@H](N)C[C@H]2CO)n1. The van der Waals surface area contributed by atoms with Crippen LogP contribution in [0.25, 0.3) is 22.5 Å². The van der Waals surface area contributed by atoms with E-state index in [1.807, 2.05) is 11.0 Å². The summed E-state index contributed by atoms with van der Waals surface area (Å²) in [5.74, 6) is -0.823. The first-order valence-electron chi connectivity index (χ1n) is 13.1. The highest BCUT2D eigenvalue weighted by Gasteiger charge is 2.32. The summed E-state index contributed by atoms with van der Waals surface area (Å²) in [6, 6.07) is 14.6. The van der Waals surface area contributed by atoms with Gasteiger partial charge in [-0.05, 0) is 55.3 Å². The maximum Gasteiger partial charge on any atom is 0.274 e. The zero-order valence-electron chi connectivity index (χ0n) is 22.3. The molecule has 3 heterocycles. The molecule has 4 aromatic rings. The van der Waals surface area contributed by atoms with Crippen molar-refractivity contribution in [2.45, 2.75) is 25.4 Å². The van der Waals surface area contributed by atoms with Crippen LogP contribution in [0.1, 0.15) is 29.4 Å². The topological polar surface area (TPSA) is 150 Å². The monoisotopic (exact) mass is 553 g/mol. The van der Waals surface area contributed by atoms with Gasteiger partial charge in [0.15, 0.2) is 5.82 Å². The summed E-state index contributed by atoms with van der Waals surface area (Å²) in [4.78, 5) is 28.1. The van der Waals surface area contributed by atoms with Gasteiger partial charge in [0.2, 0.25) is 0 Å². The summed E-state index contributed by atoms with van der Waals surface area (Å²) < 4.78 is 20.3. The highest BCUT2D eigenvalue weighted by Crippen LogP contribution is 2.37. The van der Waals surface area contributed by atoms with Crippen molar-refractivity contribution in [3.05, 3.63) is 84.2 Å². The lowest BCUT2D eigenvalue weighted by Crippen LogP contribution is -2.33. The van der Waals surface area contributed by atoms with Crippen molar-refractivity contribution in [2.24, 2.45) is 5.73 Å². The van der Waals surface area contributed by atoms with Crippen molar-refractivity contribution >= 4 is 17.3 Å². The second-order valence-electron chi connectivity index (χ2n) is 9.52. The van der Waals surface area contributed by atoms with Crippen LogP contribution in [-0.2, 0) is 0 Å². The van der Waals surface area contributed by atoms with Crippen LogP contribution in [0.4, 0.5) is 15.8 Å². The van der Waals surface area contributed by atoms with Crippen LogP contribution in [0.15, 0.2) is 67.1 Å². The lowest BCUT2D eigenvalue weighted by atomic mass is 10.0. The molecule has 2 atom stereocenters. The molecule has 0 saturated carbocycles. The number of aliphatic hydroxyl groups excluding tert-OH is 1. The molecule has 2 aromatic carbocycles. The maximum atomic E-state index is 14.8. The van der Waals surface area contributed by atoms with E-state index in [-0.39, 0.29) is 41.5 Å². The number of nitriles is 1. The van der Waals surface area contributed by atoms with Gasteiger partial charge in [0.25, 0.3) is 5.91 Å². The number of carbonyl (C=O) groups excluding carboxylic acids is 1. The zero-order chi connectivity index (χ0) is 28.9. The number of nitrogens with two attached hydrogens (primary N) is 1. The highest BCUT2D eigenvalue weighted by molar-refractivity contribution is 6.05. The fourth-order valence-corrected chi connectivity index (χ4v) is 4.97. The number of nitrogens with one attached hydrogen (secondary N) is 1. The van der Waals surface area contributed by atoms with Crippen molar-refractivity contribution in [2.75, 3.05) is 30.0 Å². The van der Waals surface area contributed by atoms with Crippen molar-refractivity contribution in [3.8, 4) is 34.3 Å². The number of pyridine rings is 1. The molecule has 1 aliphatic rings. The average Bonchev–Trinajstić information content (AvgIpc) is 3.38. The number of aromatic nitrogens is 3. The number of nitrogens with zero attached hydrogens (tertiary/aromatic N) is 5. The van der Waals surface area contributed by atoms with Gasteiger partial charge in [0, 0.05) is 36.7 Å². The van der Waals surface area contributed by atoms with Crippen LogP contribution < -0.4 is 20.7 Å². The Labute approximate surface area is 236 Å². The van der Waals surface area contributed by atoms with Crippen molar-refractivity contribution in [1.82, 2.24) is 15.0 Å². The Morgan fingerprint density at radius 2 is 2.12 bits per heavy atom. The number of carbonyl (C=O) groups is 1. The standard InChI is InChI=1S/C30H28FN7O3/c1-2-41-27-5-3-4-23(31)28(27)29-35-11-9-25(36-29)30(40)37-24-7-6-18(22-15-34-10-8-19(22)14-32)12-26(24)38-16-20(33)13-21(38)17-39/h3-12,15,20-21,39H,2,13,16-17,33H2,1H3,(H,37,40)/t20-,21-/m0/s1. The summed E-state index contributed by atoms with van der Waals surface area (Å²) in [5.41, 5.74) is 9.19. The number of hydrogen-bond acceptors (Lipinski definition) is 9. The minimum atomic E-state index is -0.570. The molecular weight excluding hydrogens is 525 g/mol. The fourth-order valence-electron chi connectivity index (χ4n) is 4.97. The number of amides is 1. The Balaban J connectivity index is 1.53. The summed E-state index contributed by atoms with van der Waals surface area (Å²) in [5, 5.41) is 22.6. The van der Waals surface area contributed by atoms with Crippen molar-refractivity contribution in [1.29, 1.82) is 5.26 Å². The fraction of sp³-hybridized carbons (Fsp3) is 0.233. The van der Waals surface area contributed by atoms with Crippen LogP contribution in [0.5, 0.6) is 5.75 Å². The van der Waals surface area contributed by atoms with Gasteiger partial charge in [-0.25, -0.2) is 14.4 Å². The summed E-state index contributed by atoms with van der Waals surface area (Å²) in [6.07, 6.45) is 5.12. The van der Waals surface area contributed by atoms with E-state index in [0.29, 0.717) is 47.6 Å². The van der Waals surface area contributed by atoms with Crippen molar-refractivity contribution in [3.63, 3.8) is 0 Å². The van der Waals surface area contributed by atoms with Gasteiger partial charge in [-0.15, -0.1) is 0 Å². The molecule has 10 nitrogen and oxygen atoms in total. The molecule has 1 fully saturated rings. The molecule has 1 amide bonds. The first-order chi connectivity index (χ1) is 19.9. The molecule has 0 radical (unpaired) electrons. The van der Waals surface area contributed by atoms with E-state index in [2.05, 4.69) is 26.3 Å². The van der Waals surface area contributed by atoms with E-state index < -0.39 is 11.7 Å². The number of rotatable bonds is 8. The first kappa shape index (κ1) is 27.6. The number of benzene rings is 2. The van der Waals surface area contributed by atoms with E-state index >= 15 is 0 Å². The summed E-state index contributed by atoms with van der Waals surface area (Å²) in [6.45, 7) is 2.44. The molecular formula is C30H28FN7O3. The molecule has 2 aromatic heterocycles. The molecule has 4 N–H and O–H groups in total. The van der Waals surface area contributed by atoms with Gasteiger partial charge in [-0.1, -0.05) is 12.1 Å². The molecule has 5 rings (SSSR count). The Morgan fingerprint density at radius 3 is 2.90 bits per heavy atom. The zero-order valence-corrected chi connectivity index (χ0v) is 22.3. The van der Waals surface area contributed by atoms with Gasteiger partial charge in [0.05, 0.1) is 47.8 Å². The summed E-state index contributed by atoms with van der Waals surface area (Å²) in [7, 11) is 0. The largest absolute Gasteiger partial charge is 0.493 e. The predicted molar refractivity (Wildman–Crippen MR) is 152 cm³/mol. The first-order valence-corrected chi connectivity index (χ1v) is 13.1. The third-order valence-corrected chi connectivity index (χ3v) is 6.85.